The lowest BCUT2D eigenvalue weighted by Crippen LogP contribution is -2.40. The first-order chi connectivity index (χ1) is 9.58. The van der Waals surface area contributed by atoms with E-state index in [0.29, 0.717) is 13.1 Å². The standard InChI is InChI=1S/C16H21NO3/c1-12(14-5-3-2-4-6-14)16(20)17-9-7-13(8-10-17)11-15(18)19/h2-6,12-13H,7-11H2,1H3,(H,18,19). The molecule has 0 saturated carbocycles. The van der Waals surface area contributed by atoms with Crippen LogP contribution in [-0.2, 0) is 9.59 Å². The third kappa shape index (κ3) is 3.59. The number of carbonyl (C=O) groups is 2. The number of likely N-dealkylation sites (tertiary alicyclic amines) is 1. The summed E-state index contributed by atoms with van der Waals surface area (Å²) in [5.74, 6) is -0.520. The highest BCUT2D eigenvalue weighted by atomic mass is 16.4. The van der Waals surface area contributed by atoms with Crippen LogP contribution >= 0.6 is 0 Å². The van der Waals surface area contributed by atoms with Crippen LogP contribution in [0.2, 0.25) is 0 Å². The van der Waals surface area contributed by atoms with Crippen LogP contribution in [-0.4, -0.2) is 35.0 Å². The van der Waals surface area contributed by atoms with Crippen molar-refractivity contribution in [2.45, 2.75) is 32.1 Å². The molecule has 1 heterocycles. The molecule has 1 fully saturated rings. The van der Waals surface area contributed by atoms with E-state index in [1.165, 1.54) is 0 Å². The zero-order valence-corrected chi connectivity index (χ0v) is 11.8. The number of rotatable bonds is 4. The van der Waals surface area contributed by atoms with Gasteiger partial charge in [0, 0.05) is 19.5 Å². The quantitative estimate of drug-likeness (QED) is 0.918. The second-order valence-electron chi connectivity index (χ2n) is 5.50. The molecular formula is C16H21NO3. The summed E-state index contributed by atoms with van der Waals surface area (Å²) in [7, 11) is 0. The van der Waals surface area contributed by atoms with E-state index in [2.05, 4.69) is 0 Å². The Morgan fingerprint density at radius 1 is 1.25 bits per heavy atom. The number of nitrogens with zero attached hydrogens (tertiary/aromatic N) is 1. The molecule has 20 heavy (non-hydrogen) atoms. The fourth-order valence-electron chi connectivity index (χ4n) is 2.76. The van der Waals surface area contributed by atoms with Gasteiger partial charge in [-0.2, -0.15) is 0 Å². The summed E-state index contributed by atoms with van der Waals surface area (Å²) in [5.41, 5.74) is 1.03. The number of aliphatic carboxylic acids is 1. The molecule has 1 aliphatic heterocycles. The molecular weight excluding hydrogens is 254 g/mol. The van der Waals surface area contributed by atoms with Gasteiger partial charge in [-0.1, -0.05) is 30.3 Å². The molecule has 0 aromatic heterocycles. The highest BCUT2D eigenvalue weighted by molar-refractivity contribution is 5.83. The van der Waals surface area contributed by atoms with Crippen LogP contribution in [0.4, 0.5) is 0 Å². The SMILES string of the molecule is CC(C(=O)N1CCC(CC(=O)O)CC1)c1ccccc1. The van der Waals surface area contributed by atoms with Crippen molar-refractivity contribution in [2.75, 3.05) is 13.1 Å². The Kier molecular flexibility index (Phi) is 4.77. The van der Waals surface area contributed by atoms with Crippen molar-refractivity contribution < 1.29 is 14.7 Å². The van der Waals surface area contributed by atoms with E-state index in [0.717, 1.165) is 18.4 Å². The number of carbonyl (C=O) groups excluding carboxylic acids is 1. The highest BCUT2D eigenvalue weighted by Crippen LogP contribution is 2.24. The third-order valence-corrected chi connectivity index (χ3v) is 4.06. The van der Waals surface area contributed by atoms with Crippen molar-refractivity contribution in [3.8, 4) is 0 Å². The predicted octanol–water partition coefficient (Wildman–Crippen LogP) is 2.50. The molecule has 0 bridgehead atoms. The summed E-state index contributed by atoms with van der Waals surface area (Å²) in [6, 6.07) is 9.77. The van der Waals surface area contributed by atoms with E-state index >= 15 is 0 Å². The Labute approximate surface area is 119 Å². The maximum Gasteiger partial charge on any atom is 0.303 e. The van der Waals surface area contributed by atoms with Crippen molar-refractivity contribution in [1.29, 1.82) is 0 Å². The molecule has 4 heteroatoms. The minimum atomic E-state index is -0.743. The Bertz CT molecular complexity index is 464. The molecule has 1 aromatic carbocycles. The fraction of sp³-hybridized carbons (Fsp3) is 0.500. The smallest absolute Gasteiger partial charge is 0.303 e. The van der Waals surface area contributed by atoms with Crippen molar-refractivity contribution in [3.63, 3.8) is 0 Å². The lowest BCUT2D eigenvalue weighted by molar-refractivity contribution is -0.138. The summed E-state index contributed by atoms with van der Waals surface area (Å²) in [4.78, 5) is 25.0. The van der Waals surface area contributed by atoms with Gasteiger partial charge in [-0.15, -0.1) is 0 Å². The van der Waals surface area contributed by atoms with Crippen LogP contribution in [0, 0.1) is 5.92 Å². The van der Waals surface area contributed by atoms with Gasteiger partial charge in [-0.05, 0) is 31.2 Å². The van der Waals surface area contributed by atoms with E-state index in [1.807, 2.05) is 42.2 Å². The van der Waals surface area contributed by atoms with E-state index < -0.39 is 5.97 Å². The van der Waals surface area contributed by atoms with Crippen LogP contribution in [0.3, 0.4) is 0 Å². The molecule has 4 nitrogen and oxygen atoms in total. The van der Waals surface area contributed by atoms with Gasteiger partial charge in [-0.25, -0.2) is 0 Å². The van der Waals surface area contributed by atoms with Crippen molar-refractivity contribution in [1.82, 2.24) is 4.90 Å². The highest BCUT2D eigenvalue weighted by Gasteiger charge is 2.27. The molecule has 108 valence electrons. The van der Waals surface area contributed by atoms with Crippen molar-refractivity contribution in [2.24, 2.45) is 5.92 Å². The predicted molar refractivity (Wildman–Crippen MR) is 76.4 cm³/mol. The van der Waals surface area contributed by atoms with E-state index in [1.54, 1.807) is 0 Å². The molecule has 0 radical (unpaired) electrons. The lowest BCUT2D eigenvalue weighted by Gasteiger charge is -2.33. The number of hydrogen-bond acceptors (Lipinski definition) is 2. The summed E-state index contributed by atoms with van der Waals surface area (Å²) >= 11 is 0. The molecule has 0 spiro atoms. The fourth-order valence-corrected chi connectivity index (χ4v) is 2.76. The molecule has 1 amide bonds. The topological polar surface area (TPSA) is 57.6 Å². The van der Waals surface area contributed by atoms with Crippen LogP contribution in [0.25, 0.3) is 0 Å². The Morgan fingerprint density at radius 3 is 2.40 bits per heavy atom. The summed E-state index contributed by atoms with van der Waals surface area (Å²) < 4.78 is 0. The molecule has 1 aromatic rings. The number of benzene rings is 1. The first-order valence-electron chi connectivity index (χ1n) is 7.13. The van der Waals surface area contributed by atoms with E-state index in [9.17, 15) is 9.59 Å². The molecule has 1 saturated heterocycles. The minimum Gasteiger partial charge on any atom is -0.481 e. The zero-order valence-electron chi connectivity index (χ0n) is 11.8. The Balaban J connectivity index is 1.90. The number of hydrogen-bond donors (Lipinski definition) is 1. The van der Waals surface area contributed by atoms with Crippen molar-refractivity contribution >= 4 is 11.9 Å². The first kappa shape index (κ1) is 14.6. The molecule has 1 aliphatic rings. The summed E-state index contributed by atoms with van der Waals surface area (Å²) in [5, 5.41) is 8.80. The molecule has 1 unspecified atom stereocenters. The van der Waals surface area contributed by atoms with Gasteiger partial charge in [0.2, 0.25) is 5.91 Å². The first-order valence-corrected chi connectivity index (χ1v) is 7.13. The van der Waals surface area contributed by atoms with E-state index in [4.69, 9.17) is 5.11 Å². The monoisotopic (exact) mass is 275 g/mol. The van der Waals surface area contributed by atoms with Crippen LogP contribution in [0.5, 0.6) is 0 Å². The second kappa shape index (κ2) is 6.55. The molecule has 1 atom stereocenters. The largest absolute Gasteiger partial charge is 0.481 e. The van der Waals surface area contributed by atoms with Gasteiger partial charge in [0.25, 0.3) is 0 Å². The second-order valence-corrected chi connectivity index (χ2v) is 5.50. The minimum absolute atomic E-state index is 0.132. The average molecular weight is 275 g/mol. The zero-order chi connectivity index (χ0) is 14.5. The average Bonchev–Trinajstić information content (AvgIpc) is 2.47. The van der Waals surface area contributed by atoms with Crippen LogP contribution in [0.1, 0.15) is 37.7 Å². The van der Waals surface area contributed by atoms with Gasteiger partial charge < -0.3 is 10.0 Å². The van der Waals surface area contributed by atoms with E-state index in [-0.39, 0.29) is 24.2 Å². The molecule has 0 aliphatic carbocycles. The number of amides is 1. The molecule has 2 rings (SSSR count). The van der Waals surface area contributed by atoms with Gasteiger partial charge in [0.05, 0.1) is 5.92 Å². The van der Waals surface area contributed by atoms with Gasteiger partial charge in [0.15, 0.2) is 0 Å². The Hall–Kier alpha value is -1.84. The lowest BCUT2D eigenvalue weighted by atomic mass is 9.92. The van der Waals surface area contributed by atoms with Crippen molar-refractivity contribution in [3.05, 3.63) is 35.9 Å². The van der Waals surface area contributed by atoms with Gasteiger partial charge in [0.1, 0.15) is 0 Å². The van der Waals surface area contributed by atoms with Gasteiger partial charge >= 0.3 is 5.97 Å². The van der Waals surface area contributed by atoms with Crippen LogP contribution in [0.15, 0.2) is 30.3 Å². The number of piperidine rings is 1. The normalized spacial score (nSPS) is 17.8. The maximum absolute atomic E-state index is 12.4. The molecule has 1 N–H and O–H groups in total. The Morgan fingerprint density at radius 2 is 1.85 bits per heavy atom. The van der Waals surface area contributed by atoms with Crippen LogP contribution < -0.4 is 0 Å². The number of carboxylic acid groups (broad SMARTS) is 1. The number of carboxylic acids is 1. The summed E-state index contributed by atoms with van der Waals surface area (Å²) in [6.07, 6.45) is 1.80. The maximum atomic E-state index is 12.4. The third-order valence-electron chi connectivity index (χ3n) is 4.06. The summed E-state index contributed by atoms with van der Waals surface area (Å²) in [6.45, 7) is 3.28. The van der Waals surface area contributed by atoms with Gasteiger partial charge in [-0.3, -0.25) is 9.59 Å².